The van der Waals surface area contributed by atoms with Crippen LogP contribution in [0.15, 0.2) is 53.8 Å². The van der Waals surface area contributed by atoms with Crippen molar-refractivity contribution in [3.8, 4) is 5.75 Å². The number of amides is 1. The number of rotatable bonds is 6. The van der Waals surface area contributed by atoms with E-state index in [9.17, 15) is 14.7 Å². The van der Waals surface area contributed by atoms with Crippen molar-refractivity contribution in [1.29, 1.82) is 0 Å². The number of aliphatic hydroxyl groups is 1. The topological polar surface area (TPSA) is 66.8 Å². The summed E-state index contributed by atoms with van der Waals surface area (Å²) in [7, 11) is 0. The lowest BCUT2D eigenvalue weighted by Gasteiger charge is -2.28. The highest BCUT2D eigenvalue weighted by molar-refractivity contribution is 6.16. The van der Waals surface area contributed by atoms with Gasteiger partial charge in [-0.3, -0.25) is 14.5 Å². The molecule has 2 aromatic carbocycles. The molecule has 1 unspecified atom stereocenters. The summed E-state index contributed by atoms with van der Waals surface area (Å²) in [4.78, 5) is 27.2. The number of ketones is 1. The number of ether oxygens (including phenoxy) is 1. The van der Waals surface area contributed by atoms with Gasteiger partial charge in [-0.2, -0.15) is 0 Å². The normalized spacial score (nSPS) is 16.7. The Balaban J connectivity index is 2.18. The highest BCUT2D eigenvalue weighted by atomic mass is 16.5. The van der Waals surface area contributed by atoms with Crippen LogP contribution in [0.1, 0.15) is 49.9 Å². The third kappa shape index (κ3) is 4.04. The van der Waals surface area contributed by atoms with E-state index in [1.807, 2.05) is 70.2 Å². The van der Waals surface area contributed by atoms with Gasteiger partial charge in [0.1, 0.15) is 5.75 Å². The summed E-state index contributed by atoms with van der Waals surface area (Å²) >= 11 is 0. The Morgan fingerprint density at radius 1 is 1.14 bits per heavy atom. The Hall–Kier alpha value is -3.08. The molecule has 0 aromatic heterocycles. The summed E-state index contributed by atoms with van der Waals surface area (Å²) < 4.78 is 5.80. The molecular weight excluding hydrogens is 366 g/mol. The summed E-state index contributed by atoms with van der Waals surface area (Å²) in [5.41, 5.74) is 3.50. The summed E-state index contributed by atoms with van der Waals surface area (Å²) in [5.74, 6) is -0.633. The first-order valence-electron chi connectivity index (χ1n) is 9.87. The molecule has 0 spiro atoms. The van der Waals surface area contributed by atoms with Gasteiger partial charge in [-0.15, -0.1) is 0 Å². The fourth-order valence-corrected chi connectivity index (χ4v) is 3.78. The predicted octanol–water partition coefficient (Wildman–Crippen LogP) is 4.97. The number of benzene rings is 2. The van der Waals surface area contributed by atoms with Gasteiger partial charge in [-0.1, -0.05) is 25.1 Å². The average molecular weight is 393 g/mol. The summed E-state index contributed by atoms with van der Waals surface area (Å²) in [6.07, 6.45) is 0.193. The van der Waals surface area contributed by atoms with Gasteiger partial charge < -0.3 is 9.84 Å². The van der Waals surface area contributed by atoms with E-state index in [1.165, 1.54) is 4.90 Å². The van der Waals surface area contributed by atoms with Crippen molar-refractivity contribution in [1.82, 2.24) is 0 Å². The van der Waals surface area contributed by atoms with Crippen LogP contribution in [0, 0.1) is 13.8 Å². The van der Waals surface area contributed by atoms with Crippen LogP contribution < -0.4 is 9.64 Å². The number of anilines is 1. The van der Waals surface area contributed by atoms with Gasteiger partial charge >= 0.3 is 0 Å². The van der Waals surface area contributed by atoms with E-state index in [4.69, 9.17) is 4.74 Å². The number of hydrogen-bond acceptors (Lipinski definition) is 4. The second-order valence-corrected chi connectivity index (χ2v) is 7.70. The van der Waals surface area contributed by atoms with Crippen molar-refractivity contribution in [2.45, 2.75) is 53.2 Å². The zero-order valence-corrected chi connectivity index (χ0v) is 17.5. The Kier molecular flexibility index (Phi) is 5.78. The van der Waals surface area contributed by atoms with Crippen LogP contribution >= 0.6 is 0 Å². The number of carbonyl (C=O) groups is 2. The fourth-order valence-electron chi connectivity index (χ4n) is 3.78. The van der Waals surface area contributed by atoms with Gasteiger partial charge in [-0.25, -0.2) is 0 Å². The number of Topliss-reactive ketones (excluding diaryl/α,β-unsaturated/α-hetero) is 1. The molecular formula is C24H27NO4. The first-order valence-corrected chi connectivity index (χ1v) is 9.87. The van der Waals surface area contributed by atoms with E-state index < -0.39 is 17.7 Å². The second kappa shape index (κ2) is 8.11. The average Bonchev–Trinajstić information content (AvgIpc) is 2.91. The molecule has 5 heteroatoms. The summed E-state index contributed by atoms with van der Waals surface area (Å²) in [6.45, 7) is 9.50. The minimum absolute atomic E-state index is 0.00771. The number of hydrogen-bond donors (Lipinski definition) is 1. The lowest BCUT2D eigenvalue weighted by atomic mass is 9.94. The molecule has 0 aliphatic carbocycles. The minimum atomic E-state index is -0.702. The molecule has 1 heterocycles. The maximum atomic E-state index is 13.0. The molecule has 29 heavy (non-hydrogen) atoms. The lowest BCUT2D eigenvalue weighted by molar-refractivity contribution is -0.118. The number of aryl methyl sites for hydroxylation is 2. The highest BCUT2D eigenvalue weighted by Gasteiger charge is 2.44. The van der Waals surface area contributed by atoms with Gasteiger partial charge in [0.25, 0.3) is 5.91 Å². The van der Waals surface area contributed by atoms with Crippen LogP contribution in [0.25, 0.3) is 0 Å². The molecule has 3 rings (SSSR count). The maximum Gasteiger partial charge on any atom is 0.294 e. The molecule has 1 aliphatic rings. The Morgan fingerprint density at radius 3 is 2.38 bits per heavy atom. The molecule has 0 bridgehead atoms. The summed E-state index contributed by atoms with van der Waals surface area (Å²) in [5, 5.41) is 10.6. The van der Waals surface area contributed by atoms with Crippen molar-refractivity contribution >= 4 is 17.4 Å². The monoisotopic (exact) mass is 393 g/mol. The predicted molar refractivity (Wildman–Crippen MR) is 113 cm³/mol. The number of carbonyl (C=O) groups excluding carboxylic acids is 2. The molecule has 1 atom stereocenters. The van der Waals surface area contributed by atoms with E-state index in [0.29, 0.717) is 11.4 Å². The van der Waals surface area contributed by atoms with Crippen LogP contribution in [0.2, 0.25) is 0 Å². The largest absolute Gasteiger partial charge is 0.503 e. The first kappa shape index (κ1) is 20.6. The van der Waals surface area contributed by atoms with E-state index in [0.717, 1.165) is 16.7 Å². The smallest absolute Gasteiger partial charge is 0.294 e. The van der Waals surface area contributed by atoms with Gasteiger partial charge in [0.2, 0.25) is 0 Å². The minimum Gasteiger partial charge on any atom is -0.503 e. The SMILES string of the molecule is CCC(=O)C1=C(O)C(=O)N(c2cc(C)cc(C)c2)C1c1cccc(OC(C)C)c1. The molecule has 0 saturated carbocycles. The number of nitrogens with zero attached hydrogens (tertiary/aromatic N) is 1. The van der Waals surface area contributed by atoms with E-state index in [-0.39, 0.29) is 23.9 Å². The molecule has 1 aliphatic heterocycles. The molecule has 1 N–H and O–H groups in total. The molecule has 0 radical (unpaired) electrons. The molecule has 0 fully saturated rings. The molecule has 152 valence electrons. The van der Waals surface area contributed by atoms with Gasteiger partial charge in [0.05, 0.1) is 17.7 Å². The number of aliphatic hydroxyl groups excluding tert-OH is 1. The Morgan fingerprint density at radius 2 is 1.79 bits per heavy atom. The molecule has 1 amide bonds. The third-order valence-electron chi connectivity index (χ3n) is 4.86. The van der Waals surface area contributed by atoms with E-state index >= 15 is 0 Å². The zero-order valence-electron chi connectivity index (χ0n) is 17.5. The maximum absolute atomic E-state index is 13.0. The molecule has 0 saturated heterocycles. The Bertz CT molecular complexity index is 970. The molecule has 2 aromatic rings. The third-order valence-corrected chi connectivity index (χ3v) is 4.86. The van der Waals surface area contributed by atoms with Crippen LogP contribution in [0.5, 0.6) is 5.75 Å². The Labute approximate surface area is 171 Å². The van der Waals surface area contributed by atoms with E-state index in [2.05, 4.69) is 0 Å². The fraction of sp³-hybridized carbons (Fsp3) is 0.333. The quantitative estimate of drug-likeness (QED) is 0.752. The van der Waals surface area contributed by atoms with Crippen LogP contribution in [0.4, 0.5) is 5.69 Å². The van der Waals surface area contributed by atoms with Crippen molar-refractivity contribution < 1.29 is 19.4 Å². The van der Waals surface area contributed by atoms with Gasteiger partial charge in [0, 0.05) is 12.1 Å². The van der Waals surface area contributed by atoms with Crippen molar-refractivity contribution in [2.24, 2.45) is 0 Å². The summed E-state index contributed by atoms with van der Waals surface area (Å²) in [6, 6.07) is 12.4. The van der Waals surface area contributed by atoms with Crippen LogP contribution in [-0.4, -0.2) is 22.9 Å². The van der Waals surface area contributed by atoms with E-state index in [1.54, 1.807) is 6.92 Å². The van der Waals surface area contributed by atoms with Gasteiger partial charge in [-0.05, 0) is 68.7 Å². The van der Waals surface area contributed by atoms with Crippen molar-refractivity contribution in [2.75, 3.05) is 4.90 Å². The molecule has 5 nitrogen and oxygen atoms in total. The van der Waals surface area contributed by atoms with Crippen LogP contribution in [-0.2, 0) is 9.59 Å². The van der Waals surface area contributed by atoms with Crippen molar-refractivity contribution in [3.05, 3.63) is 70.5 Å². The lowest BCUT2D eigenvalue weighted by Crippen LogP contribution is -2.31. The van der Waals surface area contributed by atoms with Crippen LogP contribution in [0.3, 0.4) is 0 Å². The highest BCUT2D eigenvalue weighted by Crippen LogP contribution is 2.42. The van der Waals surface area contributed by atoms with Crippen molar-refractivity contribution in [3.63, 3.8) is 0 Å². The second-order valence-electron chi connectivity index (χ2n) is 7.70. The van der Waals surface area contributed by atoms with Gasteiger partial charge in [0.15, 0.2) is 11.5 Å². The zero-order chi connectivity index (χ0) is 21.3. The standard InChI is InChI=1S/C24H27NO4/c1-6-20(26)21-22(17-8-7-9-19(13-17)29-14(2)3)25(24(28)23(21)27)18-11-15(4)10-16(5)12-18/h7-14,22,27H,6H2,1-5H3. The first-order chi connectivity index (χ1) is 13.7.